The van der Waals surface area contributed by atoms with E-state index in [4.69, 9.17) is 4.42 Å². The van der Waals surface area contributed by atoms with Crippen molar-refractivity contribution in [3.63, 3.8) is 0 Å². The van der Waals surface area contributed by atoms with Crippen LogP contribution in [-0.4, -0.2) is 39.6 Å². The molecule has 0 aromatic carbocycles. The molecule has 0 unspecified atom stereocenters. The Balaban J connectivity index is 1.51. The lowest BCUT2D eigenvalue weighted by molar-refractivity contribution is -0.130. The Morgan fingerprint density at radius 2 is 2.35 bits per heavy atom. The number of carbonyl (C=O) groups is 1. The molecule has 1 atom stereocenters. The molecule has 134 valence electrons. The average molecular weight is 406 g/mol. The van der Waals surface area contributed by atoms with Gasteiger partial charge in [0.2, 0.25) is 5.13 Å². The predicted molar refractivity (Wildman–Crippen MR) is 104 cm³/mol. The van der Waals surface area contributed by atoms with Crippen LogP contribution in [0.15, 0.2) is 49.8 Å². The summed E-state index contributed by atoms with van der Waals surface area (Å²) in [5, 5.41) is 19.9. The second-order valence-corrected chi connectivity index (χ2v) is 8.56. The van der Waals surface area contributed by atoms with Crippen molar-refractivity contribution >= 4 is 51.2 Å². The second kappa shape index (κ2) is 7.60. The number of hydrogen-bond acceptors (Lipinski definition) is 9. The zero-order valence-corrected chi connectivity index (χ0v) is 16.2. The van der Waals surface area contributed by atoms with Gasteiger partial charge in [0.1, 0.15) is 11.8 Å². The summed E-state index contributed by atoms with van der Waals surface area (Å²) < 4.78 is 6.29. The Hall–Kier alpha value is -2.17. The third kappa shape index (κ3) is 3.53. The molecule has 0 saturated heterocycles. The molecule has 1 aliphatic rings. The molecule has 4 heterocycles. The van der Waals surface area contributed by atoms with Crippen LogP contribution >= 0.6 is 34.4 Å². The van der Waals surface area contributed by atoms with Crippen LogP contribution in [-0.2, 0) is 4.79 Å². The molecule has 4 rings (SSSR count). The number of nitrogens with zero attached hydrogens (tertiary/aromatic N) is 4. The van der Waals surface area contributed by atoms with Gasteiger partial charge in [-0.1, -0.05) is 29.2 Å². The third-order valence-corrected chi connectivity index (χ3v) is 6.76. The van der Waals surface area contributed by atoms with Crippen molar-refractivity contribution in [1.29, 1.82) is 0 Å². The van der Waals surface area contributed by atoms with Crippen molar-refractivity contribution < 1.29 is 9.21 Å². The van der Waals surface area contributed by atoms with Gasteiger partial charge in [-0.05, 0) is 23.6 Å². The Bertz CT molecular complexity index is 904. The van der Waals surface area contributed by atoms with Crippen molar-refractivity contribution in [2.45, 2.75) is 16.8 Å². The highest BCUT2D eigenvalue weighted by Gasteiger charge is 2.35. The predicted octanol–water partition coefficient (Wildman–Crippen LogP) is 3.70. The summed E-state index contributed by atoms with van der Waals surface area (Å²) >= 11 is 4.41. The first-order chi connectivity index (χ1) is 12.7. The number of thiophene rings is 1. The number of nitrogens with one attached hydrogen (secondary N) is 1. The Labute approximate surface area is 162 Å². The number of amides is 1. The van der Waals surface area contributed by atoms with Gasteiger partial charge < -0.3 is 9.73 Å². The first kappa shape index (κ1) is 17.3. The molecule has 1 amide bonds. The zero-order valence-electron chi connectivity index (χ0n) is 13.8. The second-order valence-electron chi connectivity index (χ2n) is 5.41. The van der Waals surface area contributed by atoms with E-state index in [-0.39, 0.29) is 17.7 Å². The molecule has 3 aromatic heterocycles. The summed E-state index contributed by atoms with van der Waals surface area (Å²) in [6.45, 7) is 0. The monoisotopic (exact) mass is 405 g/mol. The maximum atomic E-state index is 12.8. The normalized spacial score (nSPS) is 16.7. The number of rotatable bonds is 6. The highest BCUT2D eigenvalue weighted by Crippen LogP contribution is 2.35. The maximum absolute atomic E-state index is 12.8. The van der Waals surface area contributed by atoms with Crippen LogP contribution < -0.4 is 5.32 Å². The van der Waals surface area contributed by atoms with E-state index in [1.165, 1.54) is 23.1 Å². The number of hydrogen-bond donors (Lipinski definition) is 1. The van der Waals surface area contributed by atoms with Crippen molar-refractivity contribution in [2.24, 2.45) is 5.10 Å². The quantitative estimate of drug-likeness (QED) is 0.630. The molecular weight excluding hydrogens is 390 g/mol. The first-order valence-electron chi connectivity index (χ1n) is 7.85. The van der Waals surface area contributed by atoms with Gasteiger partial charge in [0.25, 0.3) is 5.91 Å². The highest BCUT2D eigenvalue weighted by molar-refractivity contribution is 8.01. The molecule has 10 heteroatoms. The van der Waals surface area contributed by atoms with E-state index >= 15 is 0 Å². The number of hydrazone groups is 1. The lowest BCUT2D eigenvalue weighted by Gasteiger charge is -2.19. The fourth-order valence-corrected chi connectivity index (χ4v) is 4.87. The molecule has 0 bridgehead atoms. The lowest BCUT2D eigenvalue weighted by Crippen LogP contribution is -2.28. The van der Waals surface area contributed by atoms with Crippen LogP contribution in [0, 0.1) is 0 Å². The maximum Gasteiger partial charge on any atom is 0.253 e. The van der Waals surface area contributed by atoms with Crippen molar-refractivity contribution in [3.05, 3.63) is 46.5 Å². The van der Waals surface area contributed by atoms with E-state index in [9.17, 15) is 4.79 Å². The number of carbonyl (C=O) groups excluding carboxylic acids is 1. The summed E-state index contributed by atoms with van der Waals surface area (Å²) in [5.41, 5.74) is 0.910. The molecule has 0 saturated carbocycles. The summed E-state index contributed by atoms with van der Waals surface area (Å²) in [6.07, 6.45) is 2.27. The molecule has 26 heavy (non-hydrogen) atoms. The molecule has 0 spiro atoms. The molecule has 3 aromatic rings. The molecule has 0 aliphatic carbocycles. The molecule has 1 N–H and O–H groups in total. The van der Waals surface area contributed by atoms with Crippen LogP contribution in [0.5, 0.6) is 0 Å². The Morgan fingerprint density at radius 3 is 3.04 bits per heavy atom. The minimum Gasteiger partial charge on any atom is -0.467 e. The summed E-state index contributed by atoms with van der Waals surface area (Å²) in [4.78, 5) is 13.9. The highest BCUT2D eigenvalue weighted by atomic mass is 32.2. The SMILES string of the molecule is CNc1nnc(SCC(=O)N2N=C(c3cccs3)C[C@H]2c2ccco2)s1. The minimum atomic E-state index is -0.211. The zero-order chi connectivity index (χ0) is 17.9. The van der Waals surface area contributed by atoms with E-state index in [1.54, 1.807) is 29.7 Å². The standard InChI is InChI=1S/C16H15N5O2S3/c1-17-15-18-19-16(26-15)25-9-14(22)21-11(12-4-2-6-23-12)8-10(20-21)13-5-3-7-24-13/h2-7,11H,8-9H2,1H3,(H,17,18)/t11-/m0/s1. The van der Waals surface area contributed by atoms with E-state index < -0.39 is 0 Å². The van der Waals surface area contributed by atoms with Gasteiger partial charge >= 0.3 is 0 Å². The average Bonchev–Trinajstić information content (AvgIpc) is 3.45. The number of anilines is 1. The van der Waals surface area contributed by atoms with Gasteiger partial charge in [0.05, 0.1) is 22.6 Å². The van der Waals surface area contributed by atoms with Crippen LogP contribution in [0.2, 0.25) is 0 Å². The van der Waals surface area contributed by atoms with Gasteiger partial charge in [-0.2, -0.15) is 5.10 Å². The first-order valence-corrected chi connectivity index (χ1v) is 10.5. The van der Waals surface area contributed by atoms with Gasteiger partial charge in [-0.3, -0.25) is 4.79 Å². The van der Waals surface area contributed by atoms with Crippen LogP contribution in [0.1, 0.15) is 23.1 Å². The summed E-state index contributed by atoms with van der Waals surface area (Å²) in [6, 6.07) is 7.51. The molecule has 0 fully saturated rings. The van der Waals surface area contributed by atoms with Crippen LogP contribution in [0.3, 0.4) is 0 Å². The number of furan rings is 1. The smallest absolute Gasteiger partial charge is 0.253 e. The number of aromatic nitrogens is 2. The fraction of sp³-hybridized carbons (Fsp3) is 0.250. The van der Waals surface area contributed by atoms with Crippen molar-refractivity contribution in [1.82, 2.24) is 15.2 Å². The van der Waals surface area contributed by atoms with Gasteiger partial charge in [-0.15, -0.1) is 21.5 Å². The molecule has 1 aliphatic heterocycles. The minimum absolute atomic E-state index is 0.0795. The van der Waals surface area contributed by atoms with E-state index in [0.29, 0.717) is 6.42 Å². The summed E-state index contributed by atoms with van der Waals surface area (Å²) in [5.74, 6) is 0.910. The molecule has 0 radical (unpaired) electrons. The van der Waals surface area contributed by atoms with E-state index in [1.807, 2.05) is 29.6 Å². The molecular formula is C16H15N5O2S3. The van der Waals surface area contributed by atoms with Crippen molar-refractivity contribution in [3.8, 4) is 0 Å². The van der Waals surface area contributed by atoms with Crippen LogP contribution in [0.25, 0.3) is 0 Å². The van der Waals surface area contributed by atoms with Gasteiger partial charge in [0, 0.05) is 13.5 Å². The Morgan fingerprint density at radius 1 is 1.42 bits per heavy atom. The van der Waals surface area contributed by atoms with Crippen LogP contribution in [0.4, 0.5) is 5.13 Å². The lowest BCUT2D eigenvalue weighted by atomic mass is 10.1. The van der Waals surface area contributed by atoms with Gasteiger partial charge in [0.15, 0.2) is 4.34 Å². The topological polar surface area (TPSA) is 83.6 Å². The number of thioether (sulfide) groups is 1. The fourth-order valence-electron chi connectivity index (χ4n) is 2.59. The Kier molecular flexibility index (Phi) is 5.05. The van der Waals surface area contributed by atoms with E-state index in [0.717, 1.165) is 25.8 Å². The molecule has 7 nitrogen and oxygen atoms in total. The van der Waals surface area contributed by atoms with Gasteiger partial charge in [-0.25, -0.2) is 5.01 Å². The van der Waals surface area contributed by atoms with E-state index in [2.05, 4.69) is 20.6 Å². The summed E-state index contributed by atoms with van der Waals surface area (Å²) in [7, 11) is 1.79. The largest absolute Gasteiger partial charge is 0.467 e. The van der Waals surface area contributed by atoms with Crippen molar-refractivity contribution in [2.75, 3.05) is 18.1 Å². The third-order valence-electron chi connectivity index (χ3n) is 3.78.